The van der Waals surface area contributed by atoms with E-state index < -0.39 is 0 Å². The van der Waals surface area contributed by atoms with Gasteiger partial charge in [-0.1, -0.05) is 41.9 Å². The van der Waals surface area contributed by atoms with Crippen LogP contribution in [0, 0.1) is 0 Å². The lowest BCUT2D eigenvalue weighted by Gasteiger charge is -2.36. The van der Waals surface area contributed by atoms with Gasteiger partial charge in [-0.25, -0.2) is 4.98 Å². The van der Waals surface area contributed by atoms with Gasteiger partial charge in [0.15, 0.2) is 0 Å². The molecular weight excluding hydrogens is 362 g/mol. The third-order valence-electron chi connectivity index (χ3n) is 4.35. The van der Waals surface area contributed by atoms with Crippen molar-refractivity contribution in [3.8, 4) is 11.3 Å². The van der Waals surface area contributed by atoms with E-state index in [0.29, 0.717) is 10.7 Å². The third-order valence-corrected chi connectivity index (χ3v) is 7.48. The molecule has 0 spiro atoms. The van der Waals surface area contributed by atoms with Crippen LogP contribution in [0.15, 0.2) is 34.1 Å². The Kier molecular flexibility index (Phi) is 4.77. The zero-order valence-electron chi connectivity index (χ0n) is 12.4. The topological polar surface area (TPSA) is 12.9 Å². The fourth-order valence-electron chi connectivity index (χ4n) is 2.82. The van der Waals surface area contributed by atoms with Crippen molar-refractivity contribution >= 4 is 39.0 Å². The highest BCUT2D eigenvalue weighted by atomic mass is 79.9. The first kappa shape index (κ1) is 15.6. The van der Waals surface area contributed by atoms with Gasteiger partial charge in [-0.05, 0) is 37.1 Å². The number of thioether (sulfide) groups is 1. The van der Waals surface area contributed by atoms with Crippen molar-refractivity contribution in [1.82, 2.24) is 4.98 Å². The van der Waals surface area contributed by atoms with Crippen LogP contribution in [-0.4, -0.2) is 15.5 Å². The summed E-state index contributed by atoms with van der Waals surface area (Å²) in [7, 11) is 0. The molecule has 0 N–H and O–H groups in total. The van der Waals surface area contributed by atoms with Crippen molar-refractivity contribution in [2.75, 3.05) is 5.75 Å². The molecule has 0 radical (unpaired) electrons. The van der Waals surface area contributed by atoms with Gasteiger partial charge in [-0.15, -0.1) is 11.3 Å². The minimum absolute atomic E-state index is 0.437. The molecule has 0 saturated carbocycles. The molecule has 0 aliphatic carbocycles. The summed E-state index contributed by atoms with van der Waals surface area (Å²) in [6, 6.07) is 8.44. The highest BCUT2D eigenvalue weighted by Gasteiger charge is 2.33. The van der Waals surface area contributed by atoms with Crippen LogP contribution in [0.5, 0.6) is 0 Å². The minimum atomic E-state index is 0.437. The second-order valence-electron chi connectivity index (χ2n) is 5.92. The van der Waals surface area contributed by atoms with Crippen molar-refractivity contribution in [1.29, 1.82) is 0 Å². The Hall–Kier alpha value is -0.320. The van der Waals surface area contributed by atoms with Gasteiger partial charge >= 0.3 is 0 Å². The normalized spacial score (nSPS) is 26.0. The first-order valence-electron chi connectivity index (χ1n) is 7.45. The fraction of sp³-hybridized carbons (Fsp3) is 0.471. The molecule has 1 aromatic carbocycles. The van der Waals surface area contributed by atoms with Crippen LogP contribution >= 0.6 is 39.0 Å². The van der Waals surface area contributed by atoms with E-state index in [-0.39, 0.29) is 0 Å². The van der Waals surface area contributed by atoms with E-state index in [0.717, 1.165) is 10.2 Å². The zero-order chi connectivity index (χ0) is 14.9. The molecule has 0 amide bonds. The molecule has 112 valence electrons. The summed E-state index contributed by atoms with van der Waals surface area (Å²) in [5.74, 6) is 1.91. The average Bonchev–Trinajstić information content (AvgIpc) is 2.98. The fourth-order valence-corrected chi connectivity index (χ4v) is 5.46. The number of rotatable bonds is 3. The highest BCUT2D eigenvalue weighted by molar-refractivity contribution is 9.10. The second kappa shape index (κ2) is 6.43. The minimum Gasteiger partial charge on any atom is -0.241 e. The number of nitrogens with zero attached hydrogens (tertiary/aromatic N) is 1. The maximum absolute atomic E-state index is 4.93. The van der Waals surface area contributed by atoms with Gasteiger partial charge in [0, 0.05) is 26.1 Å². The Bertz CT molecular complexity index is 608. The Morgan fingerprint density at radius 2 is 2.10 bits per heavy atom. The van der Waals surface area contributed by atoms with Gasteiger partial charge in [0.2, 0.25) is 0 Å². The SMILES string of the molecule is CC[C@]1(C)C[C@H](c2nc(-c3ccc(Br)cc3)cs2)CCS1. The predicted molar refractivity (Wildman–Crippen MR) is 98.4 cm³/mol. The van der Waals surface area contributed by atoms with E-state index in [1.807, 2.05) is 11.3 Å². The molecule has 2 heterocycles. The molecule has 0 bridgehead atoms. The molecular formula is C17H20BrNS2. The Morgan fingerprint density at radius 3 is 2.81 bits per heavy atom. The van der Waals surface area contributed by atoms with Crippen LogP contribution in [0.3, 0.4) is 0 Å². The van der Waals surface area contributed by atoms with Gasteiger partial charge in [0.05, 0.1) is 10.7 Å². The molecule has 3 rings (SSSR count). The standard InChI is InChI=1S/C17H20BrNS2/c1-3-17(2)10-13(8-9-21-17)16-19-15(11-20-16)12-4-6-14(18)7-5-12/h4-7,11,13H,3,8-10H2,1-2H3/t13-,17-/m1/s1. The van der Waals surface area contributed by atoms with E-state index in [2.05, 4.69) is 71.2 Å². The quantitative estimate of drug-likeness (QED) is 0.613. The van der Waals surface area contributed by atoms with Crippen molar-refractivity contribution in [2.45, 2.75) is 43.8 Å². The van der Waals surface area contributed by atoms with E-state index in [1.54, 1.807) is 0 Å². The van der Waals surface area contributed by atoms with Crippen LogP contribution in [-0.2, 0) is 0 Å². The number of benzene rings is 1. The van der Waals surface area contributed by atoms with Crippen LogP contribution < -0.4 is 0 Å². The average molecular weight is 382 g/mol. The summed E-state index contributed by atoms with van der Waals surface area (Å²) in [5.41, 5.74) is 2.34. The molecule has 1 saturated heterocycles. The van der Waals surface area contributed by atoms with Gasteiger partial charge in [-0.2, -0.15) is 11.8 Å². The molecule has 1 nitrogen and oxygen atoms in total. The molecule has 1 aromatic heterocycles. The summed E-state index contributed by atoms with van der Waals surface area (Å²) < 4.78 is 1.55. The largest absolute Gasteiger partial charge is 0.241 e. The summed E-state index contributed by atoms with van der Waals surface area (Å²) in [4.78, 5) is 4.93. The summed E-state index contributed by atoms with van der Waals surface area (Å²) in [6.45, 7) is 4.72. The van der Waals surface area contributed by atoms with Crippen molar-refractivity contribution in [2.24, 2.45) is 0 Å². The van der Waals surface area contributed by atoms with Crippen LogP contribution in [0.4, 0.5) is 0 Å². The Balaban J connectivity index is 1.80. The molecule has 1 aliphatic heterocycles. The first-order chi connectivity index (χ1) is 10.1. The van der Waals surface area contributed by atoms with Crippen LogP contribution in [0.1, 0.15) is 44.0 Å². The molecule has 2 aromatic rings. The van der Waals surface area contributed by atoms with E-state index in [9.17, 15) is 0 Å². The smallest absolute Gasteiger partial charge is 0.0964 e. The third kappa shape index (κ3) is 3.54. The van der Waals surface area contributed by atoms with Crippen molar-refractivity contribution in [3.63, 3.8) is 0 Å². The summed E-state index contributed by atoms with van der Waals surface area (Å²) in [6.07, 6.45) is 3.79. The van der Waals surface area contributed by atoms with Crippen LogP contribution in [0.25, 0.3) is 11.3 Å². The van der Waals surface area contributed by atoms with Crippen molar-refractivity contribution < 1.29 is 0 Å². The summed E-state index contributed by atoms with van der Waals surface area (Å²) >= 11 is 7.46. The molecule has 2 atom stereocenters. The lowest BCUT2D eigenvalue weighted by Crippen LogP contribution is -2.27. The highest BCUT2D eigenvalue weighted by Crippen LogP contribution is 2.46. The predicted octanol–water partition coefficient (Wildman–Crippen LogP) is 6.35. The van der Waals surface area contributed by atoms with Gasteiger partial charge in [0.25, 0.3) is 0 Å². The molecule has 4 heteroatoms. The Labute approximate surface area is 143 Å². The Morgan fingerprint density at radius 1 is 1.33 bits per heavy atom. The number of halogens is 1. The van der Waals surface area contributed by atoms with E-state index in [1.165, 1.54) is 35.6 Å². The molecule has 21 heavy (non-hydrogen) atoms. The lowest BCUT2D eigenvalue weighted by atomic mass is 9.91. The van der Waals surface area contributed by atoms with E-state index in [4.69, 9.17) is 4.98 Å². The van der Waals surface area contributed by atoms with E-state index >= 15 is 0 Å². The molecule has 0 unspecified atom stereocenters. The van der Waals surface area contributed by atoms with Gasteiger partial charge in [-0.3, -0.25) is 0 Å². The lowest BCUT2D eigenvalue weighted by molar-refractivity contribution is 0.468. The summed E-state index contributed by atoms with van der Waals surface area (Å²) in [5, 5.41) is 3.54. The second-order valence-corrected chi connectivity index (χ2v) is 9.41. The zero-order valence-corrected chi connectivity index (χ0v) is 15.7. The number of hydrogen-bond acceptors (Lipinski definition) is 3. The maximum Gasteiger partial charge on any atom is 0.0964 e. The van der Waals surface area contributed by atoms with Crippen molar-refractivity contribution in [3.05, 3.63) is 39.1 Å². The molecule has 1 aliphatic rings. The number of aromatic nitrogens is 1. The van der Waals surface area contributed by atoms with Gasteiger partial charge < -0.3 is 0 Å². The number of hydrogen-bond donors (Lipinski definition) is 0. The monoisotopic (exact) mass is 381 g/mol. The molecule has 1 fully saturated rings. The van der Waals surface area contributed by atoms with Gasteiger partial charge in [0.1, 0.15) is 0 Å². The first-order valence-corrected chi connectivity index (χ1v) is 10.1. The maximum atomic E-state index is 4.93. The number of thiazole rings is 1. The van der Waals surface area contributed by atoms with Crippen LogP contribution in [0.2, 0.25) is 0 Å².